The van der Waals surface area contributed by atoms with Gasteiger partial charge in [0.05, 0.1) is 7.11 Å². The van der Waals surface area contributed by atoms with Crippen LogP contribution in [0.2, 0.25) is 0 Å². The van der Waals surface area contributed by atoms with Gasteiger partial charge in [-0.3, -0.25) is 0 Å². The van der Waals surface area contributed by atoms with Crippen LogP contribution in [0, 0.1) is 11.3 Å². The minimum absolute atomic E-state index is 0.0289. The van der Waals surface area contributed by atoms with Crippen LogP contribution in [0.5, 0.6) is 0 Å². The molecule has 2 unspecified atom stereocenters. The van der Waals surface area contributed by atoms with E-state index in [1.54, 1.807) is 0 Å². The second-order valence-corrected chi connectivity index (χ2v) is 5.11. The van der Waals surface area contributed by atoms with Crippen LogP contribution in [0.1, 0.15) is 40.0 Å². The predicted octanol–water partition coefficient (Wildman–Crippen LogP) is 2.98. The quantitative estimate of drug-likeness (QED) is 0.610. The van der Waals surface area contributed by atoms with Crippen molar-refractivity contribution in [3.8, 4) is 0 Å². The third-order valence-corrected chi connectivity index (χ3v) is 2.78. The summed E-state index contributed by atoms with van der Waals surface area (Å²) < 4.78 is 9.68. The Balaban J connectivity index is 2.50. The zero-order valence-corrected chi connectivity index (χ0v) is 9.50. The molecule has 0 N–H and O–H groups in total. The Labute approximate surface area is 85.8 Å². The highest BCUT2D eigenvalue weighted by molar-refractivity contribution is 5.59. The lowest BCUT2D eigenvalue weighted by Gasteiger charge is -2.38. The molecular weight excluding hydrogens is 180 g/mol. The first-order valence-corrected chi connectivity index (χ1v) is 5.17. The van der Waals surface area contributed by atoms with Crippen molar-refractivity contribution >= 4 is 6.16 Å². The van der Waals surface area contributed by atoms with Gasteiger partial charge in [0.25, 0.3) is 0 Å². The van der Waals surface area contributed by atoms with Crippen LogP contribution in [0.4, 0.5) is 4.79 Å². The first kappa shape index (κ1) is 11.3. The molecule has 1 aliphatic carbocycles. The Morgan fingerprint density at radius 2 is 2.00 bits per heavy atom. The van der Waals surface area contributed by atoms with Crippen molar-refractivity contribution in [1.82, 2.24) is 0 Å². The van der Waals surface area contributed by atoms with Crippen molar-refractivity contribution in [3.05, 3.63) is 0 Å². The zero-order chi connectivity index (χ0) is 10.8. The molecule has 0 aliphatic heterocycles. The summed E-state index contributed by atoms with van der Waals surface area (Å²) in [5, 5.41) is 0. The van der Waals surface area contributed by atoms with Crippen molar-refractivity contribution in [3.63, 3.8) is 0 Å². The lowest BCUT2D eigenvalue weighted by molar-refractivity contribution is -0.0129. The van der Waals surface area contributed by atoms with Crippen molar-refractivity contribution in [2.24, 2.45) is 11.3 Å². The van der Waals surface area contributed by atoms with Crippen molar-refractivity contribution < 1.29 is 14.3 Å². The monoisotopic (exact) mass is 200 g/mol. The Kier molecular flexibility index (Phi) is 3.40. The molecule has 0 saturated heterocycles. The van der Waals surface area contributed by atoms with Crippen LogP contribution in [0.3, 0.4) is 0 Å². The fraction of sp³-hybridized carbons (Fsp3) is 0.909. The zero-order valence-electron chi connectivity index (χ0n) is 9.50. The molecular formula is C11H20O3. The van der Waals surface area contributed by atoms with Crippen molar-refractivity contribution in [2.75, 3.05) is 7.11 Å². The molecule has 0 aromatic heterocycles. The molecule has 0 aromatic rings. The third kappa shape index (κ3) is 3.20. The van der Waals surface area contributed by atoms with E-state index in [-0.39, 0.29) is 11.5 Å². The maximum atomic E-state index is 11.0. The van der Waals surface area contributed by atoms with Gasteiger partial charge in [0.15, 0.2) is 0 Å². The fourth-order valence-corrected chi connectivity index (χ4v) is 2.53. The van der Waals surface area contributed by atoms with Gasteiger partial charge in [-0.05, 0) is 30.6 Å². The van der Waals surface area contributed by atoms with E-state index in [0.717, 1.165) is 12.8 Å². The molecule has 82 valence electrons. The maximum absolute atomic E-state index is 11.0. The maximum Gasteiger partial charge on any atom is 0.508 e. The number of methoxy groups -OCH3 is 1. The van der Waals surface area contributed by atoms with Gasteiger partial charge in [0.2, 0.25) is 0 Å². The minimum Gasteiger partial charge on any atom is -0.438 e. The molecule has 14 heavy (non-hydrogen) atoms. The highest BCUT2D eigenvalue weighted by Crippen LogP contribution is 2.39. The van der Waals surface area contributed by atoms with Crippen LogP contribution in [0.15, 0.2) is 0 Å². The van der Waals surface area contributed by atoms with E-state index >= 15 is 0 Å². The van der Waals surface area contributed by atoms with Crippen molar-refractivity contribution in [2.45, 2.75) is 46.1 Å². The Bertz CT molecular complexity index is 211. The topological polar surface area (TPSA) is 35.5 Å². The van der Waals surface area contributed by atoms with Crippen LogP contribution >= 0.6 is 0 Å². The summed E-state index contributed by atoms with van der Waals surface area (Å²) in [6.45, 7) is 6.64. The molecule has 0 amide bonds. The van der Waals surface area contributed by atoms with E-state index in [4.69, 9.17) is 4.74 Å². The van der Waals surface area contributed by atoms with Gasteiger partial charge < -0.3 is 9.47 Å². The largest absolute Gasteiger partial charge is 0.508 e. The Morgan fingerprint density at radius 1 is 1.36 bits per heavy atom. The normalized spacial score (nSPS) is 30.9. The smallest absolute Gasteiger partial charge is 0.438 e. The molecule has 0 aromatic carbocycles. The van der Waals surface area contributed by atoms with Crippen LogP contribution in [-0.4, -0.2) is 19.4 Å². The van der Waals surface area contributed by atoms with Gasteiger partial charge in [-0.1, -0.05) is 20.8 Å². The van der Waals surface area contributed by atoms with E-state index in [1.165, 1.54) is 13.5 Å². The summed E-state index contributed by atoms with van der Waals surface area (Å²) >= 11 is 0. The average Bonchev–Trinajstić information content (AvgIpc) is 1.99. The number of hydrogen-bond acceptors (Lipinski definition) is 3. The van der Waals surface area contributed by atoms with Gasteiger partial charge in [-0.2, -0.15) is 0 Å². The van der Waals surface area contributed by atoms with Crippen LogP contribution in [-0.2, 0) is 9.47 Å². The first-order chi connectivity index (χ1) is 6.43. The number of hydrogen-bond donors (Lipinski definition) is 0. The highest BCUT2D eigenvalue weighted by Gasteiger charge is 2.34. The first-order valence-electron chi connectivity index (χ1n) is 5.17. The molecule has 0 radical (unpaired) electrons. The van der Waals surface area contributed by atoms with E-state index in [9.17, 15) is 4.79 Å². The predicted molar refractivity (Wildman–Crippen MR) is 54.1 cm³/mol. The van der Waals surface area contributed by atoms with Gasteiger partial charge in [0, 0.05) is 0 Å². The van der Waals surface area contributed by atoms with Crippen molar-refractivity contribution in [1.29, 1.82) is 0 Å². The van der Waals surface area contributed by atoms with E-state index < -0.39 is 6.16 Å². The number of rotatable bonds is 1. The number of carbonyl (C=O) groups is 1. The lowest BCUT2D eigenvalue weighted by atomic mass is 9.71. The van der Waals surface area contributed by atoms with Crippen LogP contribution < -0.4 is 0 Å². The fourth-order valence-electron chi connectivity index (χ4n) is 2.53. The van der Waals surface area contributed by atoms with Gasteiger partial charge in [-0.25, -0.2) is 4.79 Å². The summed E-state index contributed by atoms with van der Waals surface area (Å²) in [7, 11) is 1.35. The van der Waals surface area contributed by atoms with Gasteiger partial charge in [0.1, 0.15) is 6.10 Å². The highest BCUT2D eigenvalue weighted by atomic mass is 16.7. The molecule has 0 bridgehead atoms. The average molecular weight is 200 g/mol. The molecule has 0 spiro atoms. The third-order valence-electron chi connectivity index (χ3n) is 2.78. The molecule has 1 rings (SSSR count). The Hall–Kier alpha value is -0.730. The molecule has 0 heterocycles. The van der Waals surface area contributed by atoms with E-state index in [1.807, 2.05) is 0 Å². The van der Waals surface area contributed by atoms with E-state index in [2.05, 4.69) is 25.5 Å². The van der Waals surface area contributed by atoms with E-state index in [0.29, 0.717) is 5.92 Å². The molecule has 3 heteroatoms. The summed E-state index contributed by atoms with van der Waals surface area (Å²) in [6.07, 6.45) is 2.57. The summed E-state index contributed by atoms with van der Waals surface area (Å²) in [5.74, 6) is 0.619. The van der Waals surface area contributed by atoms with Gasteiger partial charge >= 0.3 is 6.16 Å². The van der Waals surface area contributed by atoms with Gasteiger partial charge in [-0.15, -0.1) is 0 Å². The molecule has 3 nitrogen and oxygen atoms in total. The Morgan fingerprint density at radius 3 is 2.50 bits per heavy atom. The summed E-state index contributed by atoms with van der Waals surface area (Å²) in [4.78, 5) is 11.0. The van der Waals surface area contributed by atoms with Crippen LogP contribution in [0.25, 0.3) is 0 Å². The molecule has 2 atom stereocenters. The molecule has 1 saturated carbocycles. The summed E-state index contributed by atoms with van der Waals surface area (Å²) in [6, 6.07) is 0. The second-order valence-electron chi connectivity index (χ2n) is 5.11. The minimum atomic E-state index is -0.556. The molecule has 1 aliphatic rings. The summed E-state index contributed by atoms with van der Waals surface area (Å²) in [5.41, 5.74) is 0.274. The SMILES string of the molecule is COC(=O)OC1CC(C)CC(C)(C)C1. The molecule has 1 fully saturated rings. The number of ether oxygens (including phenoxy) is 2. The second kappa shape index (κ2) is 4.20. The lowest BCUT2D eigenvalue weighted by Crippen LogP contribution is -2.33. The standard InChI is InChI=1S/C11H20O3/c1-8-5-9(14-10(12)13-4)7-11(2,3)6-8/h8-9H,5-7H2,1-4H3. The number of carbonyl (C=O) groups excluding carboxylic acids is 1.